The topological polar surface area (TPSA) is 51.2 Å². The summed E-state index contributed by atoms with van der Waals surface area (Å²) < 4.78 is 5.47. The first-order chi connectivity index (χ1) is 11.2. The molecule has 1 aromatic carbocycles. The monoisotopic (exact) mass is 310 g/mol. The second-order valence-corrected chi connectivity index (χ2v) is 5.99. The number of ether oxygens (including phenoxy) is 1. The molecule has 3 rings (SSSR count). The van der Waals surface area contributed by atoms with E-state index in [9.17, 15) is 4.79 Å². The van der Waals surface area contributed by atoms with Gasteiger partial charge >= 0.3 is 0 Å². The second-order valence-electron chi connectivity index (χ2n) is 5.99. The third-order valence-electron chi connectivity index (χ3n) is 4.11. The molecule has 4 heteroatoms. The zero-order chi connectivity index (χ0) is 16.2. The van der Waals surface area contributed by atoms with Gasteiger partial charge in [0.15, 0.2) is 0 Å². The molecule has 4 nitrogen and oxygen atoms in total. The van der Waals surface area contributed by atoms with E-state index in [1.807, 2.05) is 6.92 Å². The molecule has 1 atom stereocenters. The quantitative estimate of drug-likeness (QED) is 0.885. The Hall–Kier alpha value is -2.36. The van der Waals surface area contributed by atoms with Gasteiger partial charge in [-0.05, 0) is 50.3 Å². The van der Waals surface area contributed by atoms with Crippen LogP contribution in [0.25, 0.3) is 0 Å². The van der Waals surface area contributed by atoms with Crippen LogP contribution in [0.1, 0.15) is 47.3 Å². The summed E-state index contributed by atoms with van der Waals surface area (Å²) in [7, 11) is 0. The van der Waals surface area contributed by atoms with Gasteiger partial charge in [0.1, 0.15) is 5.56 Å². The van der Waals surface area contributed by atoms with E-state index < -0.39 is 0 Å². The number of rotatable bonds is 6. The molecule has 1 fully saturated rings. The summed E-state index contributed by atoms with van der Waals surface area (Å²) in [5, 5.41) is 3.17. The maximum atomic E-state index is 12.7. The van der Waals surface area contributed by atoms with E-state index in [1.54, 1.807) is 18.3 Å². The Kier molecular flexibility index (Phi) is 4.60. The van der Waals surface area contributed by atoms with Gasteiger partial charge < -0.3 is 10.1 Å². The zero-order valence-electron chi connectivity index (χ0n) is 13.6. The predicted octanol–water partition coefficient (Wildman–Crippen LogP) is 3.67. The Bertz CT molecular complexity index is 678. The van der Waals surface area contributed by atoms with Crippen LogP contribution in [0, 0.1) is 12.8 Å². The van der Waals surface area contributed by atoms with Gasteiger partial charge in [-0.1, -0.05) is 29.8 Å². The highest BCUT2D eigenvalue weighted by atomic mass is 16.5. The molecule has 0 bridgehead atoms. The summed E-state index contributed by atoms with van der Waals surface area (Å²) in [5.41, 5.74) is 2.88. The van der Waals surface area contributed by atoms with E-state index >= 15 is 0 Å². The minimum atomic E-state index is -0.126. The van der Waals surface area contributed by atoms with E-state index in [1.165, 1.54) is 5.56 Å². The number of carbonyl (C=O) groups excluding carboxylic acids is 1. The number of carbonyl (C=O) groups is 1. The van der Waals surface area contributed by atoms with Crippen LogP contribution in [0.5, 0.6) is 5.88 Å². The number of hydrogen-bond acceptors (Lipinski definition) is 3. The molecule has 0 spiro atoms. The third-order valence-corrected chi connectivity index (χ3v) is 4.11. The summed E-state index contributed by atoms with van der Waals surface area (Å²) in [5.74, 6) is 0.791. The van der Waals surface area contributed by atoms with Gasteiger partial charge in [0.2, 0.25) is 5.88 Å². The van der Waals surface area contributed by atoms with Crippen molar-refractivity contribution < 1.29 is 9.53 Å². The van der Waals surface area contributed by atoms with Crippen molar-refractivity contribution in [3.63, 3.8) is 0 Å². The molecule has 2 aromatic rings. The van der Waals surface area contributed by atoms with Gasteiger partial charge in [-0.3, -0.25) is 4.79 Å². The first-order valence-corrected chi connectivity index (χ1v) is 8.14. The van der Waals surface area contributed by atoms with E-state index in [4.69, 9.17) is 4.74 Å². The maximum absolute atomic E-state index is 12.7. The minimum absolute atomic E-state index is 0.0535. The Balaban J connectivity index is 1.81. The Morgan fingerprint density at radius 2 is 2.04 bits per heavy atom. The molecule has 1 saturated carbocycles. The standard InChI is InChI=1S/C19H22N2O2/c1-3-23-19-16(5-4-12-20-19)18(22)21-17(15-10-11-15)14-8-6-13(2)7-9-14/h4-9,12,15,17H,3,10-11H2,1-2H3,(H,21,22). The lowest BCUT2D eigenvalue weighted by atomic mass is 10.0. The molecule has 0 saturated heterocycles. The molecule has 23 heavy (non-hydrogen) atoms. The molecule has 1 unspecified atom stereocenters. The SMILES string of the molecule is CCOc1ncccc1C(=O)NC(c1ccc(C)cc1)C1CC1. The van der Waals surface area contributed by atoms with Crippen LogP contribution in [-0.2, 0) is 0 Å². The fourth-order valence-electron chi connectivity index (χ4n) is 2.71. The summed E-state index contributed by atoms with van der Waals surface area (Å²) in [6.07, 6.45) is 3.95. The molecule has 1 amide bonds. The van der Waals surface area contributed by atoms with Crippen molar-refractivity contribution in [3.8, 4) is 5.88 Å². The Morgan fingerprint density at radius 1 is 1.30 bits per heavy atom. The highest BCUT2D eigenvalue weighted by molar-refractivity contribution is 5.96. The fraction of sp³-hybridized carbons (Fsp3) is 0.368. The predicted molar refractivity (Wildman–Crippen MR) is 89.5 cm³/mol. The van der Waals surface area contributed by atoms with Gasteiger partial charge in [0.25, 0.3) is 5.91 Å². The van der Waals surface area contributed by atoms with Crippen LogP contribution < -0.4 is 10.1 Å². The van der Waals surface area contributed by atoms with Crippen LogP contribution in [0.15, 0.2) is 42.6 Å². The molecule has 0 radical (unpaired) electrons. The molecule has 0 aliphatic heterocycles. The lowest BCUT2D eigenvalue weighted by Gasteiger charge is -2.19. The first-order valence-electron chi connectivity index (χ1n) is 8.14. The summed E-state index contributed by atoms with van der Waals surface area (Å²) in [4.78, 5) is 16.9. The van der Waals surface area contributed by atoms with Gasteiger partial charge in [0.05, 0.1) is 12.6 Å². The van der Waals surface area contributed by atoms with Crippen molar-refractivity contribution in [2.24, 2.45) is 5.92 Å². The number of amides is 1. The average Bonchev–Trinajstić information content (AvgIpc) is 3.39. The average molecular weight is 310 g/mol. The van der Waals surface area contributed by atoms with Crippen molar-refractivity contribution >= 4 is 5.91 Å². The van der Waals surface area contributed by atoms with Gasteiger partial charge in [-0.2, -0.15) is 0 Å². The molecule has 1 heterocycles. The highest BCUT2D eigenvalue weighted by Gasteiger charge is 2.34. The van der Waals surface area contributed by atoms with Crippen molar-refractivity contribution in [2.45, 2.75) is 32.7 Å². The van der Waals surface area contributed by atoms with Gasteiger partial charge in [0, 0.05) is 6.20 Å². The minimum Gasteiger partial charge on any atom is -0.477 e. The molecular formula is C19H22N2O2. The van der Waals surface area contributed by atoms with Crippen molar-refractivity contribution in [2.75, 3.05) is 6.61 Å². The lowest BCUT2D eigenvalue weighted by Crippen LogP contribution is -2.30. The number of benzene rings is 1. The molecule has 1 aromatic heterocycles. The molecule has 1 aliphatic rings. The molecule has 1 aliphatic carbocycles. The van der Waals surface area contributed by atoms with E-state index in [2.05, 4.69) is 41.5 Å². The summed E-state index contributed by atoms with van der Waals surface area (Å²) >= 11 is 0. The van der Waals surface area contributed by atoms with Crippen LogP contribution in [0.4, 0.5) is 0 Å². The Morgan fingerprint density at radius 3 is 2.70 bits per heavy atom. The molecular weight excluding hydrogens is 288 g/mol. The van der Waals surface area contributed by atoms with E-state index in [0.29, 0.717) is 24.0 Å². The van der Waals surface area contributed by atoms with Crippen LogP contribution >= 0.6 is 0 Å². The zero-order valence-corrected chi connectivity index (χ0v) is 13.6. The van der Waals surface area contributed by atoms with Crippen LogP contribution in [-0.4, -0.2) is 17.5 Å². The maximum Gasteiger partial charge on any atom is 0.257 e. The largest absolute Gasteiger partial charge is 0.477 e. The lowest BCUT2D eigenvalue weighted by molar-refractivity contribution is 0.0927. The normalized spacial score (nSPS) is 15.0. The van der Waals surface area contributed by atoms with Crippen LogP contribution in [0.2, 0.25) is 0 Å². The number of aromatic nitrogens is 1. The number of nitrogens with zero attached hydrogens (tertiary/aromatic N) is 1. The molecule has 1 N–H and O–H groups in total. The number of aryl methyl sites for hydroxylation is 1. The first kappa shape index (κ1) is 15.5. The third kappa shape index (κ3) is 3.70. The number of pyridine rings is 1. The molecule has 120 valence electrons. The van der Waals surface area contributed by atoms with Crippen molar-refractivity contribution in [1.29, 1.82) is 0 Å². The summed E-state index contributed by atoms with van der Waals surface area (Å²) in [6.45, 7) is 4.44. The second kappa shape index (κ2) is 6.82. The van der Waals surface area contributed by atoms with Crippen molar-refractivity contribution in [1.82, 2.24) is 10.3 Å². The van der Waals surface area contributed by atoms with Crippen LogP contribution in [0.3, 0.4) is 0 Å². The van der Waals surface area contributed by atoms with E-state index in [-0.39, 0.29) is 11.9 Å². The van der Waals surface area contributed by atoms with Crippen molar-refractivity contribution in [3.05, 3.63) is 59.3 Å². The highest BCUT2D eigenvalue weighted by Crippen LogP contribution is 2.41. The van der Waals surface area contributed by atoms with Gasteiger partial charge in [-0.25, -0.2) is 4.98 Å². The smallest absolute Gasteiger partial charge is 0.257 e. The van der Waals surface area contributed by atoms with E-state index in [0.717, 1.165) is 18.4 Å². The number of hydrogen-bond donors (Lipinski definition) is 1. The Labute approximate surface area is 136 Å². The summed E-state index contributed by atoms with van der Waals surface area (Å²) in [6, 6.07) is 12.0. The van der Waals surface area contributed by atoms with Gasteiger partial charge in [-0.15, -0.1) is 0 Å². The number of nitrogens with one attached hydrogen (secondary N) is 1. The fourth-order valence-corrected chi connectivity index (χ4v) is 2.71.